The number of hydrogen-bond acceptors (Lipinski definition) is 6. The lowest BCUT2D eigenvalue weighted by molar-refractivity contribution is 0.0882. The van der Waals surface area contributed by atoms with Crippen LogP contribution in [0.5, 0.6) is 17.5 Å². The van der Waals surface area contributed by atoms with E-state index in [9.17, 15) is 4.79 Å². The van der Waals surface area contributed by atoms with Crippen molar-refractivity contribution < 1.29 is 19.0 Å². The zero-order valence-corrected chi connectivity index (χ0v) is 16.5. The molecule has 2 N–H and O–H groups in total. The standard InChI is InChI=1S/C21H24N4O4/c1-27-16-6-3-13-11-18(25-17(13)12-16)19(26)24-14-4-7-15(8-5-14)29-21-20(28-2)22-9-10-23-21/h3,6,9-12,14-15,25H,4-5,7-8H2,1-2H3,(H,24,26). The third kappa shape index (κ3) is 4.26. The van der Waals surface area contributed by atoms with E-state index in [1.165, 1.54) is 0 Å². The van der Waals surface area contributed by atoms with Crippen LogP contribution in [0.4, 0.5) is 0 Å². The molecule has 0 unspecified atom stereocenters. The molecule has 0 spiro atoms. The van der Waals surface area contributed by atoms with Crippen LogP contribution < -0.4 is 19.5 Å². The van der Waals surface area contributed by atoms with Gasteiger partial charge in [0.2, 0.25) is 0 Å². The molecule has 2 heterocycles. The molecule has 0 aliphatic heterocycles. The van der Waals surface area contributed by atoms with Crippen molar-refractivity contribution in [3.63, 3.8) is 0 Å². The van der Waals surface area contributed by atoms with Gasteiger partial charge >= 0.3 is 0 Å². The van der Waals surface area contributed by atoms with Gasteiger partial charge in [0.25, 0.3) is 17.7 Å². The van der Waals surface area contributed by atoms with E-state index in [2.05, 4.69) is 20.3 Å². The van der Waals surface area contributed by atoms with Gasteiger partial charge < -0.3 is 24.5 Å². The van der Waals surface area contributed by atoms with Crippen molar-refractivity contribution in [3.8, 4) is 17.5 Å². The highest BCUT2D eigenvalue weighted by Crippen LogP contribution is 2.27. The first kappa shape index (κ1) is 19.0. The van der Waals surface area contributed by atoms with Crippen molar-refractivity contribution in [2.24, 2.45) is 0 Å². The Balaban J connectivity index is 1.33. The highest BCUT2D eigenvalue weighted by Gasteiger charge is 2.25. The molecule has 29 heavy (non-hydrogen) atoms. The molecular formula is C21H24N4O4. The van der Waals surface area contributed by atoms with Gasteiger partial charge in [-0.05, 0) is 43.9 Å². The first-order valence-corrected chi connectivity index (χ1v) is 9.65. The second-order valence-electron chi connectivity index (χ2n) is 7.07. The number of aromatic nitrogens is 3. The molecule has 1 aromatic carbocycles. The molecule has 1 fully saturated rings. The quantitative estimate of drug-likeness (QED) is 0.664. The van der Waals surface area contributed by atoms with E-state index in [0.29, 0.717) is 17.5 Å². The number of methoxy groups -OCH3 is 2. The van der Waals surface area contributed by atoms with Gasteiger partial charge in [-0.25, -0.2) is 9.97 Å². The number of nitrogens with one attached hydrogen (secondary N) is 2. The maximum absolute atomic E-state index is 12.7. The van der Waals surface area contributed by atoms with Crippen LogP contribution in [0.2, 0.25) is 0 Å². The largest absolute Gasteiger partial charge is 0.497 e. The number of amides is 1. The van der Waals surface area contributed by atoms with Crippen LogP contribution in [0, 0.1) is 0 Å². The molecule has 4 rings (SSSR count). The molecule has 8 heteroatoms. The highest BCUT2D eigenvalue weighted by atomic mass is 16.5. The fourth-order valence-electron chi connectivity index (χ4n) is 3.63. The zero-order valence-electron chi connectivity index (χ0n) is 16.5. The Labute approximate surface area is 168 Å². The Morgan fingerprint density at radius 1 is 1.03 bits per heavy atom. The Kier molecular flexibility index (Phi) is 5.50. The molecule has 152 valence electrons. The molecule has 1 aliphatic carbocycles. The third-order valence-electron chi connectivity index (χ3n) is 5.19. The summed E-state index contributed by atoms with van der Waals surface area (Å²) in [5.41, 5.74) is 1.43. The van der Waals surface area contributed by atoms with Crippen LogP contribution in [0.15, 0.2) is 36.7 Å². The van der Waals surface area contributed by atoms with Crippen molar-refractivity contribution in [1.29, 1.82) is 0 Å². The molecule has 1 amide bonds. The number of fused-ring (bicyclic) bond motifs is 1. The lowest BCUT2D eigenvalue weighted by Gasteiger charge is -2.29. The monoisotopic (exact) mass is 396 g/mol. The predicted molar refractivity (Wildman–Crippen MR) is 108 cm³/mol. The molecule has 8 nitrogen and oxygen atoms in total. The molecule has 3 aromatic rings. The van der Waals surface area contributed by atoms with Gasteiger partial charge in [-0.15, -0.1) is 0 Å². The summed E-state index contributed by atoms with van der Waals surface area (Å²) in [7, 11) is 3.17. The summed E-state index contributed by atoms with van der Waals surface area (Å²) in [6.45, 7) is 0. The third-order valence-corrected chi connectivity index (χ3v) is 5.19. The van der Waals surface area contributed by atoms with E-state index < -0.39 is 0 Å². The molecule has 0 radical (unpaired) electrons. The van der Waals surface area contributed by atoms with Crippen molar-refractivity contribution in [2.75, 3.05) is 14.2 Å². The average Bonchev–Trinajstić information content (AvgIpc) is 3.19. The predicted octanol–water partition coefficient (Wildman–Crippen LogP) is 3.10. The number of aromatic amines is 1. The summed E-state index contributed by atoms with van der Waals surface area (Å²) in [4.78, 5) is 24.1. The Hall–Kier alpha value is -3.29. The van der Waals surface area contributed by atoms with Crippen LogP contribution >= 0.6 is 0 Å². The van der Waals surface area contributed by atoms with Crippen LogP contribution in [0.3, 0.4) is 0 Å². The summed E-state index contributed by atoms with van der Waals surface area (Å²) in [5.74, 6) is 1.46. The highest BCUT2D eigenvalue weighted by molar-refractivity contribution is 5.98. The summed E-state index contributed by atoms with van der Waals surface area (Å²) >= 11 is 0. The molecule has 1 saturated carbocycles. The average molecular weight is 396 g/mol. The van der Waals surface area contributed by atoms with Crippen molar-refractivity contribution >= 4 is 16.8 Å². The van der Waals surface area contributed by atoms with Gasteiger partial charge in [0.1, 0.15) is 17.5 Å². The normalized spacial score (nSPS) is 19.0. The minimum Gasteiger partial charge on any atom is -0.497 e. The summed E-state index contributed by atoms with van der Waals surface area (Å²) in [5, 5.41) is 4.10. The van der Waals surface area contributed by atoms with Gasteiger partial charge in [0.15, 0.2) is 0 Å². The van der Waals surface area contributed by atoms with Crippen LogP contribution in [0.25, 0.3) is 10.9 Å². The summed E-state index contributed by atoms with van der Waals surface area (Å²) in [6.07, 6.45) is 6.52. The molecule has 0 saturated heterocycles. The van der Waals surface area contributed by atoms with Gasteiger partial charge in [-0.2, -0.15) is 0 Å². The van der Waals surface area contributed by atoms with Gasteiger partial charge in [0.05, 0.1) is 14.2 Å². The first-order valence-electron chi connectivity index (χ1n) is 9.65. The maximum atomic E-state index is 12.7. The zero-order chi connectivity index (χ0) is 20.2. The van der Waals surface area contributed by atoms with Crippen LogP contribution in [-0.4, -0.2) is 47.2 Å². The fraction of sp³-hybridized carbons (Fsp3) is 0.381. The Morgan fingerprint density at radius 2 is 1.79 bits per heavy atom. The van der Waals surface area contributed by atoms with Crippen molar-refractivity contribution in [3.05, 3.63) is 42.4 Å². The first-order chi connectivity index (χ1) is 14.2. The van der Waals surface area contributed by atoms with Crippen molar-refractivity contribution in [1.82, 2.24) is 20.3 Å². The smallest absolute Gasteiger partial charge is 0.278 e. The van der Waals surface area contributed by atoms with Gasteiger partial charge in [-0.3, -0.25) is 4.79 Å². The number of carbonyl (C=O) groups excluding carboxylic acids is 1. The molecular weight excluding hydrogens is 372 g/mol. The maximum Gasteiger partial charge on any atom is 0.278 e. The number of benzene rings is 1. The molecule has 0 bridgehead atoms. The number of hydrogen-bond donors (Lipinski definition) is 2. The SMILES string of the molecule is COc1ccc2cc(C(=O)NC3CCC(Oc4nccnc4OC)CC3)[nH]c2c1. The molecule has 1 aliphatic rings. The fourth-order valence-corrected chi connectivity index (χ4v) is 3.63. The van der Waals surface area contributed by atoms with Gasteiger partial charge in [0, 0.05) is 35.4 Å². The summed E-state index contributed by atoms with van der Waals surface area (Å²) < 4.78 is 16.4. The molecule has 0 atom stereocenters. The van der Waals surface area contributed by atoms with E-state index >= 15 is 0 Å². The topological polar surface area (TPSA) is 98.4 Å². The van der Waals surface area contributed by atoms with E-state index in [0.717, 1.165) is 42.3 Å². The van der Waals surface area contributed by atoms with E-state index in [-0.39, 0.29) is 18.1 Å². The van der Waals surface area contributed by atoms with Crippen LogP contribution in [0.1, 0.15) is 36.2 Å². The second-order valence-corrected chi connectivity index (χ2v) is 7.07. The van der Waals surface area contributed by atoms with E-state index in [1.54, 1.807) is 26.6 Å². The number of rotatable bonds is 6. The number of nitrogens with zero attached hydrogens (tertiary/aromatic N) is 2. The summed E-state index contributed by atoms with van der Waals surface area (Å²) in [6, 6.07) is 7.68. The number of carbonyl (C=O) groups is 1. The minimum atomic E-state index is -0.0971. The number of ether oxygens (including phenoxy) is 3. The van der Waals surface area contributed by atoms with E-state index in [4.69, 9.17) is 14.2 Å². The van der Waals surface area contributed by atoms with Crippen molar-refractivity contribution in [2.45, 2.75) is 37.8 Å². The Bertz CT molecular complexity index is 995. The lowest BCUT2D eigenvalue weighted by atomic mass is 9.93. The molecule has 2 aromatic heterocycles. The Morgan fingerprint density at radius 3 is 2.52 bits per heavy atom. The second kappa shape index (κ2) is 8.38. The lowest BCUT2D eigenvalue weighted by Crippen LogP contribution is -2.39. The number of H-pyrrole nitrogens is 1. The minimum absolute atomic E-state index is 0.0364. The van der Waals surface area contributed by atoms with Gasteiger partial charge in [-0.1, -0.05) is 0 Å². The van der Waals surface area contributed by atoms with E-state index in [1.807, 2.05) is 24.3 Å². The van der Waals surface area contributed by atoms with Crippen LogP contribution in [-0.2, 0) is 0 Å².